The Labute approximate surface area is 160 Å². The van der Waals surface area contributed by atoms with Crippen LogP contribution in [0.25, 0.3) is 6.08 Å². The van der Waals surface area contributed by atoms with Crippen LogP contribution in [-0.2, 0) is 0 Å². The molecule has 1 heterocycles. The number of hydrogen-bond acceptors (Lipinski definition) is 5. The Hall–Kier alpha value is -2.86. The molecule has 0 aliphatic heterocycles. The molecule has 0 fully saturated rings. The fourth-order valence-electron chi connectivity index (χ4n) is 1.99. The molecule has 27 heavy (non-hydrogen) atoms. The van der Waals surface area contributed by atoms with E-state index in [0.29, 0.717) is 6.04 Å². The van der Waals surface area contributed by atoms with E-state index in [1.54, 1.807) is 6.20 Å². The van der Waals surface area contributed by atoms with Gasteiger partial charge in [-0.2, -0.15) is 0 Å². The van der Waals surface area contributed by atoms with Gasteiger partial charge in [-0.15, -0.1) is 0 Å². The lowest BCUT2D eigenvalue weighted by molar-refractivity contribution is 0.0697. The minimum Gasteiger partial charge on any atom is -0.508 e. The van der Waals surface area contributed by atoms with Crippen LogP contribution >= 0.6 is 0 Å². The molecule has 0 spiro atoms. The predicted octanol–water partition coefficient (Wildman–Crippen LogP) is 3.97. The largest absolute Gasteiger partial charge is 0.508 e. The van der Waals surface area contributed by atoms with Gasteiger partial charge in [0.15, 0.2) is 0 Å². The number of carbonyl (C=O) groups is 1. The van der Waals surface area contributed by atoms with Gasteiger partial charge in [-0.1, -0.05) is 12.2 Å². The SMILES string of the molecule is CN[C@@H](C)C/C=C/c1cncc(OC(C)C)c1.O=C(O)c1ccc(O)cc1. The topological polar surface area (TPSA) is 91.7 Å². The molecule has 0 aliphatic carbocycles. The molecular formula is C21H28N2O4. The maximum absolute atomic E-state index is 10.2. The zero-order valence-electron chi connectivity index (χ0n) is 16.2. The van der Waals surface area contributed by atoms with Gasteiger partial charge in [0.25, 0.3) is 0 Å². The average Bonchev–Trinajstić information content (AvgIpc) is 2.62. The van der Waals surface area contributed by atoms with Gasteiger partial charge in [-0.25, -0.2) is 4.79 Å². The Morgan fingerprint density at radius 2 is 1.89 bits per heavy atom. The normalized spacial score (nSPS) is 11.7. The molecule has 0 aliphatic rings. The van der Waals surface area contributed by atoms with Gasteiger partial charge >= 0.3 is 5.97 Å². The van der Waals surface area contributed by atoms with Crippen molar-refractivity contribution in [3.05, 3.63) is 59.9 Å². The first-order valence-corrected chi connectivity index (χ1v) is 8.79. The zero-order valence-corrected chi connectivity index (χ0v) is 16.2. The van der Waals surface area contributed by atoms with E-state index in [2.05, 4.69) is 29.4 Å². The van der Waals surface area contributed by atoms with Crippen LogP contribution in [-0.4, -0.2) is 40.4 Å². The number of phenols is 1. The highest BCUT2D eigenvalue weighted by molar-refractivity contribution is 5.87. The van der Waals surface area contributed by atoms with E-state index in [0.717, 1.165) is 17.7 Å². The average molecular weight is 372 g/mol. The smallest absolute Gasteiger partial charge is 0.335 e. The van der Waals surface area contributed by atoms with E-state index >= 15 is 0 Å². The molecule has 1 aromatic heterocycles. The minimum absolute atomic E-state index is 0.0741. The summed E-state index contributed by atoms with van der Waals surface area (Å²) in [6, 6.07) is 7.87. The first kappa shape index (κ1) is 22.2. The standard InChI is InChI=1S/C14H22N2O.C7H6O3/c1-11(2)17-14-8-13(9-16-10-14)7-5-6-12(3)15-4;8-6-3-1-5(2-4-6)7(9)10/h5,7-12,15H,6H2,1-4H3;1-4,8H,(H,9,10)/b7-5+;/t12-;/m0./s1. The van der Waals surface area contributed by atoms with Crippen LogP contribution in [0.1, 0.15) is 43.1 Å². The Bertz CT molecular complexity index is 727. The van der Waals surface area contributed by atoms with Crippen molar-refractivity contribution in [3.8, 4) is 11.5 Å². The summed E-state index contributed by atoms with van der Waals surface area (Å²) in [7, 11) is 1.97. The third-order valence-corrected chi connectivity index (χ3v) is 3.51. The van der Waals surface area contributed by atoms with E-state index in [9.17, 15) is 4.79 Å². The summed E-state index contributed by atoms with van der Waals surface area (Å²) in [6.45, 7) is 6.18. The number of aromatic nitrogens is 1. The first-order valence-electron chi connectivity index (χ1n) is 8.79. The van der Waals surface area contributed by atoms with E-state index in [1.807, 2.05) is 33.2 Å². The second kappa shape index (κ2) is 11.7. The zero-order chi connectivity index (χ0) is 20.2. The summed E-state index contributed by atoms with van der Waals surface area (Å²) < 4.78 is 5.59. The van der Waals surface area contributed by atoms with Crippen LogP contribution in [0.15, 0.2) is 48.8 Å². The number of nitrogens with zero attached hydrogens (tertiary/aromatic N) is 1. The number of phenolic OH excluding ortho intramolecular Hbond substituents is 1. The lowest BCUT2D eigenvalue weighted by atomic mass is 10.2. The highest BCUT2D eigenvalue weighted by Crippen LogP contribution is 2.14. The minimum atomic E-state index is -0.986. The lowest BCUT2D eigenvalue weighted by Crippen LogP contribution is -2.19. The third kappa shape index (κ3) is 9.42. The highest BCUT2D eigenvalue weighted by Gasteiger charge is 2.00. The summed E-state index contributed by atoms with van der Waals surface area (Å²) in [5, 5.41) is 20.3. The van der Waals surface area contributed by atoms with Crippen molar-refractivity contribution < 1.29 is 19.7 Å². The number of pyridine rings is 1. The Balaban J connectivity index is 0.000000309. The molecule has 3 N–H and O–H groups in total. The van der Waals surface area contributed by atoms with E-state index in [4.69, 9.17) is 14.9 Å². The van der Waals surface area contributed by atoms with Gasteiger partial charge in [0, 0.05) is 12.2 Å². The molecule has 2 aromatic rings. The number of carboxylic acid groups (broad SMARTS) is 1. The van der Waals surface area contributed by atoms with Crippen LogP contribution in [0.5, 0.6) is 11.5 Å². The molecular weight excluding hydrogens is 344 g/mol. The summed E-state index contributed by atoms with van der Waals surface area (Å²) in [6.07, 6.45) is 9.00. The fraction of sp³-hybridized carbons (Fsp3) is 0.333. The Morgan fingerprint density at radius 1 is 1.22 bits per heavy atom. The summed E-state index contributed by atoms with van der Waals surface area (Å²) in [4.78, 5) is 14.4. The predicted molar refractivity (Wildman–Crippen MR) is 107 cm³/mol. The van der Waals surface area contributed by atoms with Gasteiger partial charge in [0.05, 0.1) is 17.9 Å². The van der Waals surface area contributed by atoms with Gasteiger partial charge in [-0.3, -0.25) is 4.98 Å². The lowest BCUT2D eigenvalue weighted by Gasteiger charge is -2.09. The van der Waals surface area contributed by atoms with E-state index in [1.165, 1.54) is 24.3 Å². The molecule has 0 saturated heterocycles. The van der Waals surface area contributed by atoms with Crippen molar-refractivity contribution in [2.24, 2.45) is 0 Å². The molecule has 2 rings (SSSR count). The fourth-order valence-corrected chi connectivity index (χ4v) is 1.99. The number of hydrogen-bond donors (Lipinski definition) is 3. The molecule has 6 heteroatoms. The van der Waals surface area contributed by atoms with Crippen molar-refractivity contribution in [1.82, 2.24) is 10.3 Å². The molecule has 6 nitrogen and oxygen atoms in total. The number of aromatic carboxylic acids is 1. The van der Waals surface area contributed by atoms with Crippen molar-refractivity contribution in [3.63, 3.8) is 0 Å². The number of rotatable bonds is 7. The Kier molecular flexibility index (Phi) is 9.61. The van der Waals surface area contributed by atoms with Gasteiger partial charge in [-0.05, 0) is 70.1 Å². The quantitative estimate of drug-likeness (QED) is 0.681. The molecule has 0 amide bonds. The van der Waals surface area contributed by atoms with Crippen molar-refractivity contribution in [1.29, 1.82) is 0 Å². The van der Waals surface area contributed by atoms with Crippen molar-refractivity contribution >= 4 is 12.0 Å². The number of ether oxygens (including phenoxy) is 1. The molecule has 0 radical (unpaired) electrons. The molecule has 0 unspecified atom stereocenters. The van der Waals surface area contributed by atoms with Crippen LogP contribution < -0.4 is 10.1 Å². The summed E-state index contributed by atoms with van der Waals surface area (Å²) >= 11 is 0. The van der Waals surface area contributed by atoms with Crippen LogP contribution in [0.3, 0.4) is 0 Å². The van der Waals surface area contributed by atoms with Gasteiger partial charge < -0.3 is 20.3 Å². The molecule has 146 valence electrons. The summed E-state index contributed by atoms with van der Waals surface area (Å²) in [5.41, 5.74) is 1.25. The second-order valence-corrected chi connectivity index (χ2v) is 6.30. The van der Waals surface area contributed by atoms with E-state index in [-0.39, 0.29) is 17.4 Å². The maximum Gasteiger partial charge on any atom is 0.335 e. The monoisotopic (exact) mass is 372 g/mol. The van der Waals surface area contributed by atoms with Crippen molar-refractivity contribution in [2.75, 3.05) is 7.05 Å². The van der Waals surface area contributed by atoms with E-state index < -0.39 is 5.97 Å². The summed E-state index contributed by atoms with van der Waals surface area (Å²) in [5.74, 6) is -0.0891. The van der Waals surface area contributed by atoms with Crippen LogP contribution in [0, 0.1) is 0 Å². The van der Waals surface area contributed by atoms with Crippen LogP contribution in [0.4, 0.5) is 0 Å². The van der Waals surface area contributed by atoms with Crippen molar-refractivity contribution in [2.45, 2.75) is 39.3 Å². The maximum atomic E-state index is 10.2. The molecule has 1 aromatic carbocycles. The number of nitrogens with one attached hydrogen (secondary N) is 1. The number of aromatic hydroxyl groups is 1. The molecule has 1 atom stereocenters. The van der Waals surface area contributed by atoms with Gasteiger partial charge in [0.2, 0.25) is 0 Å². The Morgan fingerprint density at radius 3 is 2.44 bits per heavy atom. The third-order valence-electron chi connectivity index (χ3n) is 3.51. The van der Waals surface area contributed by atoms with Gasteiger partial charge in [0.1, 0.15) is 11.5 Å². The van der Waals surface area contributed by atoms with Crippen LogP contribution in [0.2, 0.25) is 0 Å². The second-order valence-electron chi connectivity index (χ2n) is 6.30. The number of carboxylic acids is 1. The highest BCUT2D eigenvalue weighted by atomic mass is 16.5. The first-order chi connectivity index (χ1) is 12.8. The molecule has 0 bridgehead atoms. The molecule has 0 saturated carbocycles. The number of benzene rings is 1.